The van der Waals surface area contributed by atoms with Gasteiger partial charge in [0.1, 0.15) is 0 Å². The highest BCUT2D eigenvalue weighted by Crippen LogP contribution is 2.33. The maximum absolute atomic E-state index is 5.10. The smallest absolute Gasteiger partial charge is 0.161 e. The monoisotopic (exact) mass is 639 g/mol. The van der Waals surface area contributed by atoms with Crippen LogP contribution in [0.15, 0.2) is 176 Å². The zero-order valence-electron chi connectivity index (χ0n) is 27.0. The lowest BCUT2D eigenvalue weighted by Crippen LogP contribution is -1.97. The van der Waals surface area contributed by atoms with E-state index < -0.39 is 0 Å². The number of pyridine rings is 3. The van der Waals surface area contributed by atoms with Crippen molar-refractivity contribution in [1.29, 1.82) is 0 Å². The predicted molar refractivity (Wildman–Crippen MR) is 203 cm³/mol. The first-order chi connectivity index (χ1) is 24.7. The standard InChI is InChI=1S/C45H29N5/c1-2-10-30(11-3-1)38-26-43(39-16-8-9-23-46-39)48-44(27-38)40-22-21-37(29-47-40)45-49-41(35-19-17-31-12-4-6-14-33(31)24-35)28-42(50-45)36-20-18-32-13-5-7-15-34(32)25-36/h1-29H. The Morgan fingerprint density at radius 2 is 0.840 bits per heavy atom. The van der Waals surface area contributed by atoms with Gasteiger partial charge in [0.25, 0.3) is 0 Å². The highest BCUT2D eigenvalue weighted by atomic mass is 14.9. The summed E-state index contributed by atoms with van der Waals surface area (Å²) in [5.41, 5.74) is 9.86. The molecule has 0 bridgehead atoms. The van der Waals surface area contributed by atoms with Crippen molar-refractivity contribution >= 4 is 21.5 Å². The molecule has 4 aromatic heterocycles. The molecule has 0 N–H and O–H groups in total. The van der Waals surface area contributed by atoms with E-state index in [0.29, 0.717) is 5.82 Å². The molecule has 4 heterocycles. The van der Waals surface area contributed by atoms with Crippen molar-refractivity contribution in [3.05, 3.63) is 176 Å². The van der Waals surface area contributed by atoms with Crippen molar-refractivity contribution in [2.75, 3.05) is 0 Å². The second-order valence-electron chi connectivity index (χ2n) is 12.2. The molecule has 0 aliphatic rings. The van der Waals surface area contributed by atoms with E-state index in [1.54, 1.807) is 6.20 Å². The van der Waals surface area contributed by atoms with Crippen LogP contribution in [0.1, 0.15) is 0 Å². The van der Waals surface area contributed by atoms with Crippen molar-refractivity contribution in [2.45, 2.75) is 0 Å². The summed E-state index contributed by atoms with van der Waals surface area (Å²) in [6.07, 6.45) is 3.63. The summed E-state index contributed by atoms with van der Waals surface area (Å²) in [6, 6.07) is 56.2. The van der Waals surface area contributed by atoms with Gasteiger partial charge in [-0.2, -0.15) is 0 Å². The van der Waals surface area contributed by atoms with Crippen LogP contribution < -0.4 is 0 Å². The molecule has 50 heavy (non-hydrogen) atoms. The Hall–Kier alpha value is -6.85. The average molecular weight is 640 g/mol. The fraction of sp³-hybridized carbons (Fsp3) is 0. The van der Waals surface area contributed by atoms with E-state index in [4.69, 9.17) is 19.9 Å². The Morgan fingerprint density at radius 1 is 0.280 bits per heavy atom. The van der Waals surface area contributed by atoms with Crippen LogP contribution in [0.25, 0.3) is 89.4 Å². The van der Waals surface area contributed by atoms with E-state index in [1.807, 2.05) is 54.7 Å². The predicted octanol–water partition coefficient (Wildman–Crippen LogP) is 11.0. The summed E-state index contributed by atoms with van der Waals surface area (Å²) in [5.74, 6) is 0.609. The molecule has 0 saturated carbocycles. The maximum atomic E-state index is 5.10. The van der Waals surface area contributed by atoms with Crippen LogP contribution in [-0.4, -0.2) is 24.9 Å². The summed E-state index contributed by atoms with van der Waals surface area (Å²) < 4.78 is 0. The lowest BCUT2D eigenvalue weighted by atomic mass is 10.0. The molecule has 0 spiro atoms. The van der Waals surface area contributed by atoms with E-state index in [2.05, 4.69) is 120 Å². The van der Waals surface area contributed by atoms with Crippen molar-refractivity contribution in [2.24, 2.45) is 0 Å². The lowest BCUT2D eigenvalue weighted by molar-refractivity contribution is 1.17. The molecule has 234 valence electrons. The van der Waals surface area contributed by atoms with Crippen LogP contribution >= 0.6 is 0 Å². The second-order valence-corrected chi connectivity index (χ2v) is 12.2. The highest BCUT2D eigenvalue weighted by molar-refractivity contribution is 5.89. The zero-order chi connectivity index (χ0) is 33.3. The van der Waals surface area contributed by atoms with Gasteiger partial charge in [0.2, 0.25) is 0 Å². The van der Waals surface area contributed by atoms with Crippen LogP contribution in [0.4, 0.5) is 0 Å². The van der Waals surface area contributed by atoms with Gasteiger partial charge in [0, 0.05) is 29.1 Å². The van der Waals surface area contributed by atoms with Crippen molar-refractivity contribution in [3.8, 4) is 67.8 Å². The maximum Gasteiger partial charge on any atom is 0.161 e. The molecule has 0 amide bonds. The molecular weight excluding hydrogens is 611 g/mol. The first kappa shape index (κ1) is 29.3. The van der Waals surface area contributed by atoms with Gasteiger partial charge in [-0.05, 0) is 87.3 Å². The van der Waals surface area contributed by atoms with Gasteiger partial charge in [0.05, 0.1) is 34.2 Å². The van der Waals surface area contributed by atoms with E-state index in [1.165, 1.54) is 21.5 Å². The molecule has 0 atom stereocenters. The van der Waals surface area contributed by atoms with Crippen LogP contribution in [0, 0.1) is 0 Å². The molecule has 5 aromatic carbocycles. The molecule has 0 saturated heterocycles. The molecular formula is C45H29N5. The molecule has 0 fully saturated rings. The molecule has 5 heteroatoms. The first-order valence-electron chi connectivity index (χ1n) is 16.6. The van der Waals surface area contributed by atoms with E-state index >= 15 is 0 Å². The highest BCUT2D eigenvalue weighted by Gasteiger charge is 2.14. The average Bonchev–Trinajstić information content (AvgIpc) is 3.21. The largest absolute Gasteiger partial charge is 0.255 e. The molecule has 0 radical (unpaired) electrons. The Bertz CT molecular complexity index is 2480. The fourth-order valence-electron chi connectivity index (χ4n) is 6.35. The minimum atomic E-state index is 0.609. The lowest BCUT2D eigenvalue weighted by Gasteiger charge is -2.12. The van der Waals surface area contributed by atoms with Crippen molar-refractivity contribution < 1.29 is 0 Å². The van der Waals surface area contributed by atoms with Gasteiger partial charge >= 0.3 is 0 Å². The summed E-state index contributed by atoms with van der Waals surface area (Å²) >= 11 is 0. The Morgan fingerprint density at radius 3 is 1.42 bits per heavy atom. The number of rotatable bonds is 6. The third kappa shape index (κ3) is 5.78. The Balaban J connectivity index is 1.15. The fourth-order valence-corrected chi connectivity index (χ4v) is 6.35. The van der Waals surface area contributed by atoms with Crippen LogP contribution in [0.5, 0.6) is 0 Å². The molecule has 0 aliphatic carbocycles. The third-order valence-corrected chi connectivity index (χ3v) is 8.96. The van der Waals surface area contributed by atoms with Gasteiger partial charge < -0.3 is 0 Å². The normalized spacial score (nSPS) is 11.2. The van der Waals surface area contributed by atoms with Crippen LogP contribution in [-0.2, 0) is 0 Å². The minimum absolute atomic E-state index is 0.609. The number of aromatic nitrogens is 5. The van der Waals surface area contributed by atoms with Gasteiger partial charge in [-0.25, -0.2) is 15.0 Å². The van der Waals surface area contributed by atoms with Crippen molar-refractivity contribution in [3.63, 3.8) is 0 Å². The SMILES string of the molecule is c1ccc(-c2cc(-c3ccccn3)nc(-c3ccc(-c4nc(-c5ccc6ccccc6c5)cc(-c5ccc6ccccc6c5)n4)cn3)c2)cc1. The zero-order valence-corrected chi connectivity index (χ0v) is 27.0. The topological polar surface area (TPSA) is 64.5 Å². The first-order valence-corrected chi connectivity index (χ1v) is 16.6. The third-order valence-electron chi connectivity index (χ3n) is 8.96. The molecule has 9 aromatic rings. The van der Waals surface area contributed by atoms with Crippen molar-refractivity contribution in [1.82, 2.24) is 24.9 Å². The van der Waals surface area contributed by atoms with Gasteiger partial charge in [-0.15, -0.1) is 0 Å². The Labute approximate surface area is 289 Å². The number of benzene rings is 5. The quantitative estimate of drug-likeness (QED) is 0.181. The number of hydrogen-bond acceptors (Lipinski definition) is 5. The summed E-state index contributed by atoms with van der Waals surface area (Å²) in [4.78, 5) is 24.7. The van der Waals surface area contributed by atoms with Gasteiger partial charge in [0.15, 0.2) is 5.82 Å². The van der Waals surface area contributed by atoms with E-state index in [-0.39, 0.29) is 0 Å². The van der Waals surface area contributed by atoms with E-state index in [0.717, 1.165) is 62.0 Å². The molecule has 9 rings (SSSR count). The number of nitrogens with zero attached hydrogens (tertiary/aromatic N) is 5. The van der Waals surface area contributed by atoms with Crippen LogP contribution in [0.3, 0.4) is 0 Å². The van der Waals surface area contributed by atoms with E-state index in [9.17, 15) is 0 Å². The number of hydrogen-bond donors (Lipinski definition) is 0. The van der Waals surface area contributed by atoms with Gasteiger partial charge in [-0.1, -0.05) is 109 Å². The minimum Gasteiger partial charge on any atom is -0.255 e. The molecule has 0 aliphatic heterocycles. The second kappa shape index (κ2) is 12.6. The summed E-state index contributed by atoms with van der Waals surface area (Å²) in [6.45, 7) is 0. The van der Waals surface area contributed by atoms with Crippen LogP contribution in [0.2, 0.25) is 0 Å². The molecule has 0 unspecified atom stereocenters. The summed E-state index contributed by atoms with van der Waals surface area (Å²) in [7, 11) is 0. The van der Waals surface area contributed by atoms with Gasteiger partial charge in [-0.3, -0.25) is 9.97 Å². The number of fused-ring (bicyclic) bond motifs is 2. The summed E-state index contributed by atoms with van der Waals surface area (Å²) in [5, 5.41) is 4.71. The Kier molecular flexibility index (Phi) is 7.41. The molecule has 5 nitrogen and oxygen atoms in total.